The molecule has 1 aliphatic carbocycles. The second kappa shape index (κ2) is 5.29. The lowest BCUT2D eigenvalue weighted by molar-refractivity contribution is 0.709. The highest BCUT2D eigenvalue weighted by Crippen LogP contribution is 2.30. The van der Waals surface area contributed by atoms with E-state index in [0.29, 0.717) is 5.82 Å². The number of nitrogens with two attached hydrogens (primary N) is 1. The normalized spacial score (nSPS) is 15.0. The molecule has 0 saturated heterocycles. The Labute approximate surface area is 117 Å². The van der Waals surface area contributed by atoms with Crippen molar-refractivity contribution in [3.05, 3.63) is 28.3 Å². The summed E-state index contributed by atoms with van der Waals surface area (Å²) in [5, 5.41) is 0. The average Bonchev–Trinajstić information content (AvgIpc) is 2.77. The number of aromatic nitrogens is 2. The van der Waals surface area contributed by atoms with Crippen LogP contribution in [0, 0.1) is 0 Å². The van der Waals surface area contributed by atoms with Crippen LogP contribution >= 0.6 is 11.3 Å². The van der Waals surface area contributed by atoms with Gasteiger partial charge < -0.3 is 5.73 Å². The van der Waals surface area contributed by atoms with Crippen molar-refractivity contribution in [1.82, 2.24) is 9.97 Å². The van der Waals surface area contributed by atoms with Gasteiger partial charge in [0.15, 0.2) is 5.82 Å². The van der Waals surface area contributed by atoms with Crippen molar-refractivity contribution < 1.29 is 0 Å². The zero-order valence-electron chi connectivity index (χ0n) is 11.3. The number of nitrogens with zero attached hydrogens (tertiary/aromatic N) is 2. The van der Waals surface area contributed by atoms with Crippen molar-refractivity contribution in [3.8, 4) is 10.7 Å². The highest BCUT2D eigenvalue weighted by Gasteiger charge is 2.16. The Hall–Kier alpha value is -1.42. The van der Waals surface area contributed by atoms with Crippen LogP contribution in [0.4, 0.5) is 5.82 Å². The fraction of sp³-hybridized carbons (Fsp3) is 0.467. The first-order valence-electron chi connectivity index (χ1n) is 7.02. The van der Waals surface area contributed by atoms with Crippen LogP contribution in [0.1, 0.15) is 42.3 Å². The summed E-state index contributed by atoms with van der Waals surface area (Å²) in [6, 6.07) is 4.27. The van der Waals surface area contributed by atoms with Crippen molar-refractivity contribution >= 4 is 17.2 Å². The van der Waals surface area contributed by atoms with Crippen LogP contribution in [0.2, 0.25) is 0 Å². The number of thiophene rings is 1. The molecule has 3 rings (SSSR count). The summed E-state index contributed by atoms with van der Waals surface area (Å²) in [5.41, 5.74) is 8.50. The summed E-state index contributed by atoms with van der Waals surface area (Å²) in [6.45, 7) is 2.17. The maximum absolute atomic E-state index is 6.14. The zero-order valence-corrected chi connectivity index (χ0v) is 12.1. The summed E-state index contributed by atoms with van der Waals surface area (Å²) in [6.07, 6.45) is 6.83. The van der Waals surface area contributed by atoms with E-state index in [1.54, 1.807) is 11.3 Å². The quantitative estimate of drug-likeness (QED) is 0.850. The van der Waals surface area contributed by atoms with Crippen molar-refractivity contribution in [2.75, 3.05) is 5.73 Å². The molecule has 0 fully saturated rings. The Kier molecular flexibility index (Phi) is 3.51. The smallest absolute Gasteiger partial charge is 0.171 e. The second-order valence-corrected chi connectivity index (χ2v) is 6.21. The topological polar surface area (TPSA) is 51.8 Å². The first-order chi connectivity index (χ1) is 9.28. The number of aryl methyl sites for hydroxylation is 2. The first kappa shape index (κ1) is 12.6. The van der Waals surface area contributed by atoms with Gasteiger partial charge in [0.1, 0.15) is 5.82 Å². The van der Waals surface area contributed by atoms with Gasteiger partial charge in [0.25, 0.3) is 0 Å². The van der Waals surface area contributed by atoms with E-state index in [2.05, 4.69) is 24.0 Å². The fourth-order valence-corrected chi connectivity index (χ4v) is 3.48. The van der Waals surface area contributed by atoms with Crippen LogP contribution in [-0.4, -0.2) is 9.97 Å². The molecule has 0 spiro atoms. The Balaban J connectivity index is 2.03. The van der Waals surface area contributed by atoms with E-state index in [0.717, 1.165) is 30.0 Å². The highest BCUT2D eigenvalue weighted by molar-refractivity contribution is 7.15. The van der Waals surface area contributed by atoms with Gasteiger partial charge >= 0.3 is 0 Å². The minimum Gasteiger partial charge on any atom is -0.383 e. The molecule has 0 atom stereocenters. The zero-order chi connectivity index (χ0) is 13.2. The van der Waals surface area contributed by atoms with Crippen LogP contribution in [0.25, 0.3) is 10.7 Å². The Morgan fingerprint density at radius 2 is 2.00 bits per heavy atom. The van der Waals surface area contributed by atoms with Gasteiger partial charge in [-0.1, -0.05) is 13.3 Å². The number of hydrogen-bond donors (Lipinski definition) is 1. The summed E-state index contributed by atoms with van der Waals surface area (Å²) < 4.78 is 0. The Bertz CT molecular complexity index is 589. The maximum Gasteiger partial charge on any atom is 0.171 e. The molecule has 0 aromatic carbocycles. The van der Waals surface area contributed by atoms with E-state index in [1.165, 1.54) is 35.4 Å². The molecule has 1 aliphatic rings. The van der Waals surface area contributed by atoms with E-state index in [-0.39, 0.29) is 0 Å². The predicted octanol–water partition coefficient (Wildman–Crippen LogP) is 3.62. The number of hydrogen-bond acceptors (Lipinski definition) is 4. The maximum atomic E-state index is 6.14. The van der Waals surface area contributed by atoms with Crippen LogP contribution < -0.4 is 5.73 Å². The van der Waals surface area contributed by atoms with E-state index < -0.39 is 0 Å². The van der Waals surface area contributed by atoms with Crippen molar-refractivity contribution in [2.24, 2.45) is 0 Å². The van der Waals surface area contributed by atoms with Crippen LogP contribution in [0.3, 0.4) is 0 Å². The van der Waals surface area contributed by atoms with Gasteiger partial charge in [-0.25, -0.2) is 9.97 Å². The molecule has 2 aromatic heterocycles. The third-order valence-electron chi connectivity index (χ3n) is 3.70. The van der Waals surface area contributed by atoms with E-state index in [9.17, 15) is 0 Å². The molecular formula is C15H19N3S. The number of fused-ring (bicyclic) bond motifs is 1. The Morgan fingerprint density at radius 1 is 1.16 bits per heavy atom. The summed E-state index contributed by atoms with van der Waals surface area (Å²) in [4.78, 5) is 11.8. The molecule has 100 valence electrons. The van der Waals surface area contributed by atoms with Crippen LogP contribution in [0.15, 0.2) is 12.1 Å². The van der Waals surface area contributed by atoms with Crippen molar-refractivity contribution in [3.63, 3.8) is 0 Å². The standard InChI is InChI=1S/C15H19N3S/c1-2-10-8-9-13(19-10)15-17-12-7-5-3-4-6-11(12)14(16)18-15/h8-9H,2-7H2,1H3,(H2,16,17,18). The third-order valence-corrected chi connectivity index (χ3v) is 4.92. The molecule has 0 amide bonds. The second-order valence-electron chi connectivity index (χ2n) is 5.04. The molecule has 0 radical (unpaired) electrons. The van der Waals surface area contributed by atoms with Gasteiger partial charge in [0.2, 0.25) is 0 Å². The molecule has 19 heavy (non-hydrogen) atoms. The molecule has 2 aromatic rings. The average molecular weight is 273 g/mol. The lowest BCUT2D eigenvalue weighted by Crippen LogP contribution is -2.06. The van der Waals surface area contributed by atoms with Gasteiger partial charge in [-0.2, -0.15) is 0 Å². The molecule has 2 N–H and O–H groups in total. The fourth-order valence-electron chi connectivity index (χ4n) is 2.60. The van der Waals surface area contributed by atoms with Crippen molar-refractivity contribution in [2.45, 2.75) is 45.4 Å². The molecule has 0 aliphatic heterocycles. The highest BCUT2D eigenvalue weighted by atomic mass is 32.1. The van der Waals surface area contributed by atoms with E-state index in [4.69, 9.17) is 10.7 Å². The monoisotopic (exact) mass is 273 g/mol. The minimum absolute atomic E-state index is 0.688. The van der Waals surface area contributed by atoms with Gasteiger partial charge in [0.05, 0.1) is 4.88 Å². The van der Waals surface area contributed by atoms with E-state index >= 15 is 0 Å². The lowest BCUT2D eigenvalue weighted by Gasteiger charge is -2.09. The molecule has 4 heteroatoms. The van der Waals surface area contributed by atoms with Gasteiger partial charge in [-0.15, -0.1) is 11.3 Å². The molecule has 0 unspecified atom stereocenters. The number of rotatable bonds is 2. The predicted molar refractivity (Wildman–Crippen MR) is 80.4 cm³/mol. The summed E-state index contributed by atoms with van der Waals surface area (Å²) >= 11 is 1.77. The van der Waals surface area contributed by atoms with Gasteiger partial charge in [-0.3, -0.25) is 0 Å². The Morgan fingerprint density at radius 3 is 2.79 bits per heavy atom. The largest absolute Gasteiger partial charge is 0.383 e. The van der Waals surface area contributed by atoms with Gasteiger partial charge in [-0.05, 0) is 44.2 Å². The minimum atomic E-state index is 0.688. The molecular weight excluding hydrogens is 254 g/mol. The van der Waals surface area contributed by atoms with Crippen LogP contribution in [0.5, 0.6) is 0 Å². The van der Waals surface area contributed by atoms with Crippen molar-refractivity contribution in [1.29, 1.82) is 0 Å². The molecule has 0 saturated carbocycles. The lowest BCUT2D eigenvalue weighted by atomic mass is 10.1. The number of anilines is 1. The third kappa shape index (κ3) is 2.50. The first-order valence-corrected chi connectivity index (χ1v) is 7.84. The van der Waals surface area contributed by atoms with Gasteiger partial charge in [0, 0.05) is 16.1 Å². The van der Waals surface area contributed by atoms with E-state index in [1.807, 2.05) is 0 Å². The SMILES string of the molecule is CCc1ccc(-c2nc(N)c3c(n2)CCCCC3)s1. The molecule has 3 nitrogen and oxygen atoms in total. The number of nitrogen functional groups attached to an aromatic ring is 1. The van der Waals surface area contributed by atoms with Crippen LogP contribution in [-0.2, 0) is 19.3 Å². The summed E-state index contributed by atoms with van der Waals surface area (Å²) in [5.74, 6) is 1.50. The summed E-state index contributed by atoms with van der Waals surface area (Å²) in [7, 11) is 0. The molecule has 2 heterocycles. The molecule has 0 bridgehead atoms.